The fourth-order valence-corrected chi connectivity index (χ4v) is 1.99. The Morgan fingerprint density at radius 3 is 2.84 bits per heavy atom. The highest BCUT2D eigenvalue weighted by molar-refractivity contribution is 5.95. The molecule has 0 bridgehead atoms. The first-order chi connectivity index (χ1) is 8.51. The standard InChI is InChI=1S/C12H15N3O3.ClH/c1-12(5-6-13-8-12)11(16)14-9-3-2-4-10(7-9)15(17)18;/h2-4,7,13H,5-6,8H2,1H3,(H,14,16);1H. The smallest absolute Gasteiger partial charge is 0.271 e. The number of amides is 1. The zero-order valence-electron chi connectivity index (χ0n) is 10.5. The van der Waals surface area contributed by atoms with E-state index >= 15 is 0 Å². The molecular weight excluding hydrogens is 270 g/mol. The van der Waals surface area contributed by atoms with Crippen LogP contribution in [0.25, 0.3) is 0 Å². The molecule has 1 aliphatic heterocycles. The molecular formula is C12H16ClN3O3. The summed E-state index contributed by atoms with van der Waals surface area (Å²) in [4.78, 5) is 22.3. The fourth-order valence-electron chi connectivity index (χ4n) is 1.99. The van der Waals surface area contributed by atoms with Crippen LogP contribution in [0.2, 0.25) is 0 Å². The third kappa shape index (κ3) is 3.42. The van der Waals surface area contributed by atoms with Crippen molar-refractivity contribution in [3.05, 3.63) is 34.4 Å². The maximum atomic E-state index is 12.1. The highest BCUT2D eigenvalue weighted by atomic mass is 35.5. The third-order valence-corrected chi connectivity index (χ3v) is 3.23. The number of non-ortho nitro benzene ring substituents is 1. The average molecular weight is 286 g/mol. The van der Waals surface area contributed by atoms with Gasteiger partial charge in [-0.25, -0.2) is 0 Å². The second-order valence-corrected chi connectivity index (χ2v) is 4.75. The van der Waals surface area contributed by atoms with Crippen molar-refractivity contribution < 1.29 is 9.72 Å². The first kappa shape index (κ1) is 15.4. The summed E-state index contributed by atoms with van der Waals surface area (Å²) in [7, 11) is 0. The summed E-state index contributed by atoms with van der Waals surface area (Å²) in [5, 5.41) is 16.5. The van der Waals surface area contributed by atoms with E-state index < -0.39 is 10.3 Å². The predicted octanol–water partition coefficient (Wildman–Crippen LogP) is 1.95. The van der Waals surface area contributed by atoms with E-state index in [0.717, 1.165) is 13.0 Å². The molecule has 2 rings (SSSR count). The molecule has 1 saturated heterocycles. The molecule has 0 radical (unpaired) electrons. The number of hydrogen-bond acceptors (Lipinski definition) is 4. The molecule has 1 fully saturated rings. The van der Waals surface area contributed by atoms with Crippen LogP contribution in [0.3, 0.4) is 0 Å². The van der Waals surface area contributed by atoms with Gasteiger partial charge in [0.15, 0.2) is 0 Å². The molecule has 19 heavy (non-hydrogen) atoms. The molecule has 1 aliphatic rings. The van der Waals surface area contributed by atoms with Crippen molar-refractivity contribution in [1.29, 1.82) is 0 Å². The van der Waals surface area contributed by atoms with Crippen LogP contribution in [0.15, 0.2) is 24.3 Å². The van der Waals surface area contributed by atoms with Gasteiger partial charge in [0.1, 0.15) is 0 Å². The van der Waals surface area contributed by atoms with Crippen molar-refractivity contribution in [3.8, 4) is 0 Å². The summed E-state index contributed by atoms with van der Waals surface area (Å²) in [5.74, 6) is -0.104. The van der Waals surface area contributed by atoms with Crippen LogP contribution in [0.1, 0.15) is 13.3 Å². The lowest BCUT2D eigenvalue weighted by Crippen LogP contribution is -2.35. The number of carbonyl (C=O) groups is 1. The van der Waals surface area contributed by atoms with Crippen molar-refractivity contribution in [2.45, 2.75) is 13.3 Å². The molecule has 1 amide bonds. The van der Waals surface area contributed by atoms with Crippen LogP contribution in [0.4, 0.5) is 11.4 Å². The van der Waals surface area contributed by atoms with Gasteiger partial charge in [-0.1, -0.05) is 6.07 Å². The zero-order chi connectivity index (χ0) is 13.2. The molecule has 0 saturated carbocycles. The number of nitro groups is 1. The minimum atomic E-state index is -0.478. The van der Waals surface area contributed by atoms with Crippen molar-refractivity contribution >= 4 is 29.7 Å². The fraction of sp³-hybridized carbons (Fsp3) is 0.417. The summed E-state index contributed by atoms with van der Waals surface area (Å²) in [6.07, 6.45) is 0.772. The number of anilines is 1. The zero-order valence-corrected chi connectivity index (χ0v) is 11.3. The van der Waals surface area contributed by atoms with E-state index in [1.807, 2.05) is 6.92 Å². The van der Waals surface area contributed by atoms with Gasteiger partial charge in [-0.15, -0.1) is 12.4 Å². The number of rotatable bonds is 3. The Hall–Kier alpha value is -1.66. The van der Waals surface area contributed by atoms with Crippen LogP contribution >= 0.6 is 12.4 Å². The van der Waals surface area contributed by atoms with Crippen molar-refractivity contribution in [2.24, 2.45) is 5.41 Å². The van der Waals surface area contributed by atoms with E-state index in [1.54, 1.807) is 12.1 Å². The SMILES string of the molecule is CC1(C(=O)Nc2cccc([N+](=O)[O-])c2)CCNC1.Cl. The number of nitrogens with one attached hydrogen (secondary N) is 2. The van der Waals surface area contributed by atoms with Crippen LogP contribution in [-0.2, 0) is 4.79 Å². The molecule has 1 unspecified atom stereocenters. The van der Waals surface area contributed by atoms with Gasteiger partial charge in [0.2, 0.25) is 5.91 Å². The highest BCUT2D eigenvalue weighted by Crippen LogP contribution is 2.27. The van der Waals surface area contributed by atoms with Gasteiger partial charge in [-0.3, -0.25) is 14.9 Å². The van der Waals surface area contributed by atoms with Crippen LogP contribution in [0.5, 0.6) is 0 Å². The Balaban J connectivity index is 0.00000180. The largest absolute Gasteiger partial charge is 0.325 e. The maximum absolute atomic E-state index is 12.1. The van der Waals surface area contributed by atoms with E-state index in [1.165, 1.54) is 12.1 Å². The van der Waals surface area contributed by atoms with Gasteiger partial charge in [-0.05, 0) is 26.0 Å². The summed E-state index contributed by atoms with van der Waals surface area (Å²) in [5.41, 5.74) is -0.00484. The lowest BCUT2D eigenvalue weighted by Gasteiger charge is -2.21. The van der Waals surface area contributed by atoms with Gasteiger partial charge in [0.25, 0.3) is 5.69 Å². The molecule has 0 aliphatic carbocycles. The second kappa shape index (κ2) is 5.99. The minimum absolute atomic E-state index is 0. The molecule has 6 nitrogen and oxygen atoms in total. The Labute approximate surface area is 117 Å². The number of nitrogens with zero attached hydrogens (tertiary/aromatic N) is 1. The van der Waals surface area contributed by atoms with E-state index in [4.69, 9.17) is 0 Å². The van der Waals surface area contributed by atoms with E-state index in [0.29, 0.717) is 12.2 Å². The Morgan fingerprint density at radius 1 is 1.53 bits per heavy atom. The normalized spacial score (nSPS) is 21.5. The highest BCUT2D eigenvalue weighted by Gasteiger charge is 2.36. The lowest BCUT2D eigenvalue weighted by molar-refractivity contribution is -0.384. The molecule has 1 aromatic rings. The van der Waals surface area contributed by atoms with Crippen molar-refractivity contribution in [3.63, 3.8) is 0 Å². The molecule has 1 aromatic carbocycles. The molecule has 0 spiro atoms. The van der Waals surface area contributed by atoms with Crippen LogP contribution < -0.4 is 10.6 Å². The molecule has 7 heteroatoms. The first-order valence-corrected chi connectivity index (χ1v) is 5.78. The van der Waals surface area contributed by atoms with Gasteiger partial charge in [0, 0.05) is 24.4 Å². The van der Waals surface area contributed by atoms with Gasteiger partial charge in [0.05, 0.1) is 10.3 Å². The topological polar surface area (TPSA) is 84.3 Å². The number of benzene rings is 1. The summed E-state index contributed by atoms with van der Waals surface area (Å²) < 4.78 is 0. The quantitative estimate of drug-likeness (QED) is 0.657. The van der Waals surface area contributed by atoms with Crippen LogP contribution in [0, 0.1) is 15.5 Å². The number of halogens is 1. The number of nitro benzene ring substituents is 1. The minimum Gasteiger partial charge on any atom is -0.325 e. The monoisotopic (exact) mass is 285 g/mol. The first-order valence-electron chi connectivity index (χ1n) is 5.78. The summed E-state index contributed by atoms with van der Waals surface area (Å²) in [6.45, 7) is 3.34. The van der Waals surface area contributed by atoms with Gasteiger partial charge < -0.3 is 10.6 Å². The average Bonchev–Trinajstić information content (AvgIpc) is 2.78. The van der Waals surface area contributed by atoms with E-state index in [-0.39, 0.29) is 24.0 Å². The molecule has 1 atom stereocenters. The van der Waals surface area contributed by atoms with Gasteiger partial charge in [-0.2, -0.15) is 0 Å². The van der Waals surface area contributed by atoms with Crippen molar-refractivity contribution in [1.82, 2.24) is 5.32 Å². The Bertz CT molecular complexity index is 487. The Kier molecular flexibility index (Phi) is 4.85. The van der Waals surface area contributed by atoms with E-state index in [2.05, 4.69) is 10.6 Å². The molecule has 0 aromatic heterocycles. The third-order valence-electron chi connectivity index (χ3n) is 3.23. The lowest BCUT2D eigenvalue weighted by atomic mass is 9.89. The predicted molar refractivity (Wildman–Crippen MR) is 74.6 cm³/mol. The number of hydrogen-bond donors (Lipinski definition) is 2. The van der Waals surface area contributed by atoms with Crippen LogP contribution in [-0.4, -0.2) is 23.9 Å². The van der Waals surface area contributed by atoms with Crippen molar-refractivity contribution in [2.75, 3.05) is 18.4 Å². The Morgan fingerprint density at radius 2 is 2.26 bits per heavy atom. The maximum Gasteiger partial charge on any atom is 0.271 e. The van der Waals surface area contributed by atoms with E-state index in [9.17, 15) is 14.9 Å². The number of carbonyl (C=O) groups excluding carboxylic acids is 1. The second-order valence-electron chi connectivity index (χ2n) is 4.75. The van der Waals surface area contributed by atoms with Gasteiger partial charge >= 0.3 is 0 Å². The summed E-state index contributed by atoms with van der Waals surface area (Å²) in [6, 6.07) is 5.97. The molecule has 104 valence electrons. The molecule has 2 N–H and O–H groups in total. The molecule has 1 heterocycles. The summed E-state index contributed by atoms with van der Waals surface area (Å²) >= 11 is 0.